The van der Waals surface area contributed by atoms with Crippen LogP contribution in [0.2, 0.25) is 0 Å². The Bertz CT molecular complexity index is 364. The predicted molar refractivity (Wildman–Crippen MR) is 93.6 cm³/mol. The van der Waals surface area contributed by atoms with Crippen LogP contribution in [-0.4, -0.2) is 12.0 Å². The molecule has 0 fully saturated rings. The van der Waals surface area contributed by atoms with Crippen molar-refractivity contribution in [1.82, 2.24) is 0 Å². The maximum Gasteiger partial charge on any atom is 0.122 e. The van der Waals surface area contributed by atoms with E-state index in [0.717, 1.165) is 31.6 Å². The van der Waals surface area contributed by atoms with E-state index < -0.39 is 0 Å². The Hall–Kier alpha value is -0.690. The van der Waals surface area contributed by atoms with E-state index in [1.54, 1.807) is 0 Å². The fourth-order valence-electron chi connectivity index (χ4n) is 2.45. The number of hydrogen-bond acceptors (Lipinski definition) is 1. The molecule has 0 aromatic heterocycles. The van der Waals surface area contributed by atoms with Crippen LogP contribution in [0.15, 0.2) is 24.3 Å². The lowest BCUT2D eigenvalue weighted by Crippen LogP contribution is -2.06. The molecule has 0 saturated carbocycles. The molecule has 1 aromatic carbocycles. The van der Waals surface area contributed by atoms with Gasteiger partial charge in [0.05, 0.1) is 6.61 Å². The fourth-order valence-corrected chi connectivity index (χ4v) is 2.54. The zero-order chi connectivity index (χ0) is 15.3. The van der Waals surface area contributed by atoms with Gasteiger partial charge in [-0.3, -0.25) is 0 Å². The average Bonchev–Trinajstić information content (AvgIpc) is 2.51. The van der Waals surface area contributed by atoms with Gasteiger partial charge < -0.3 is 4.74 Å². The van der Waals surface area contributed by atoms with E-state index in [0.29, 0.717) is 0 Å². The van der Waals surface area contributed by atoms with Crippen molar-refractivity contribution in [3.63, 3.8) is 0 Å². The van der Waals surface area contributed by atoms with Crippen LogP contribution >= 0.6 is 11.6 Å². The first-order valence-corrected chi connectivity index (χ1v) is 9.06. The number of hydrogen-bond donors (Lipinski definition) is 0. The summed E-state index contributed by atoms with van der Waals surface area (Å²) in [5.74, 6) is 1.05. The summed E-state index contributed by atoms with van der Waals surface area (Å²) in [5, 5.41) is 0.232. The molecule has 0 spiro atoms. The van der Waals surface area contributed by atoms with Crippen molar-refractivity contribution >= 4 is 11.6 Å². The first-order chi connectivity index (χ1) is 10.3. The van der Waals surface area contributed by atoms with Gasteiger partial charge in [-0.2, -0.15) is 0 Å². The van der Waals surface area contributed by atoms with Crippen molar-refractivity contribution in [3.8, 4) is 5.75 Å². The van der Waals surface area contributed by atoms with E-state index >= 15 is 0 Å². The molecule has 1 rings (SSSR count). The molecule has 2 heteroatoms. The van der Waals surface area contributed by atoms with Gasteiger partial charge in [-0.25, -0.2) is 0 Å². The highest BCUT2D eigenvalue weighted by molar-refractivity contribution is 6.20. The van der Waals surface area contributed by atoms with Crippen molar-refractivity contribution in [1.29, 1.82) is 0 Å². The Balaban J connectivity index is 2.30. The fraction of sp³-hybridized carbons (Fsp3) is 0.684. The number of halogens is 1. The lowest BCUT2D eigenvalue weighted by atomic mass is 10.0. The Morgan fingerprint density at radius 1 is 1.00 bits per heavy atom. The molecule has 0 amide bonds. The molecule has 0 heterocycles. The second-order valence-corrected chi connectivity index (χ2v) is 6.39. The smallest absolute Gasteiger partial charge is 0.122 e. The summed E-state index contributed by atoms with van der Waals surface area (Å²) in [4.78, 5) is 0. The van der Waals surface area contributed by atoms with Crippen LogP contribution in [0.25, 0.3) is 0 Å². The van der Waals surface area contributed by atoms with Gasteiger partial charge in [0, 0.05) is 5.38 Å². The highest BCUT2D eigenvalue weighted by Crippen LogP contribution is 2.21. The quantitative estimate of drug-likeness (QED) is 0.321. The standard InChI is InChI=1S/C19H31ClO/c1-3-5-6-7-8-9-12-17-13-10-11-14-19(17)21-16-15-18(20)4-2/h10-11,13-14,18H,3-9,12,15-16H2,1-2H3. The summed E-state index contributed by atoms with van der Waals surface area (Å²) in [6.45, 7) is 5.09. The number of para-hydroxylation sites is 1. The van der Waals surface area contributed by atoms with Gasteiger partial charge >= 0.3 is 0 Å². The van der Waals surface area contributed by atoms with Gasteiger partial charge in [-0.05, 0) is 37.3 Å². The van der Waals surface area contributed by atoms with Crippen LogP contribution < -0.4 is 4.74 Å². The highest BCUT2D eigenvalue weighted by Gasteiger charge is 2.05. The summed E-state index contributed by atoms with van der Waals surface area (Å²) in [6.07, 6.45) is 11.1. The Labute approximate surface area is 136 Å². The largest absolute Gasteiger partial charge is 0.493 e. The molecule has 0 aliphatic heterocycles. The van der Waals surface area contributed by atoms with Crippen LogP contribution in [0, 0.1) is 0 Å². The number of ether oxygens (including phenoxy) is 1. The van der Waals surface area contributed by atoms with E-state index in [1.807, 2.05) is 0 Å². The van der Waals surface area contributed by atoms with Gasteiger partial charge in [-0.1, -0.05) is 64.2 Å². The first kappa shape index (κ1) is 18.4. The molecule has 0 bridgehead atoms. The minimum atomic E-state index is 0.232. The van der Waals surface area contributed by atoms with Crippen molar-refractivity contribution < 1.29 is 4.74 Å². The molecule has 0 radical (unpaired) electrons. The molecule has 0 aliphatic carbocycles. The second-order valence-electron chi connectivity index (χ2n) is 5.77. The summed E-state index contributed by atoms with van der Waals surface area (Å²) < 4.78 is 5.92. The maximum absolute atomic E-state index is 6.14. The number of rotatable bonds is 12. The van der Waals surface area contributed by atoms with Crippen LogP contribution in [0.3, 0.4) is 0 Å². The van der Waals surface area contributed by atoms with Gasteiger partial charge in [-0.15, -0.1) is 11.6 Å². The molecule has 0 aliphatic rings. The maximum atomic E-state index is 6.14. The van der Waals surface area contributed by atoms with Crippen molar-refractivity contribution in [2.24, 2.45) is 0 Å². The topological polar surface area (TPSA) is 9.23 Å². The first-order valence-electron chi connectivity index (χ1n) is 8.62. The molecule has 120 valence electrons. The van der Waals surface area contributed by atoms with E-state index in [2.05, 4.69) is 38.1 Å². The molecule has 1 nitrogen and oxygen atoms in total. The molecule has 1 aromatic rings. The van der Waals surface area contributed by atoms with E-state index in [4.69, 9.17) is 16.3 Å². The second kappa shape index (κ2) is 11.9. The molecular formula is C19H31ClO. The monoisotopic (exact) mass is 310 g/mol. The summed E-state index contributed by atoms with van der Waals surface area (Å²) in [7, 11) is 0. The number of alkyl halides is 1. The van der Waals surface area contributed by atoms with Crippen molar-refractivity contribution in [2.45, 2.75) is 77.0 Å². The average molecular weight is 311 g/mol. The van der Waals surface area contributed by atoms with Crippen molar-refractivity contribution in [2.75, 3.05) is 6.61 Å². The summed E-state index contributed by atoms with van der Waals surface area (Å²) in [6, 6.07) is 8.44. The normalized spacial score (nSPS) is 12.3. The third kappa shape index (κ3) is 8.36. The molecule has 21 heavy (non-hydrogen) atoms. The Kier molecular flexibility index (Phi) is 10.4. The third-order valence-electron chi connectivity index (χ3n) is 3.90. The molecule has 0 saturated heterocycles. The lowest BCUT2D eigenvalue weighted by Gasteiger charge is -2.12. The van der Waals surface area contributed by atoms with Gasteiger partial charge in [0.1, 0.15) is 5.75 Å². The summed E-state index contributed by atoms with van der Waals surface area (Å²) in [5.41, 5.74) is 1.34. The van der Waals surface area contributed by atoms with E-state index in [1.165, 1.54) is 44.1 Å². The lowest BCUT2D eigenvalue weighted by molar-refractivity contribution is 0.304. The zero-order valence-corrected chi connectivity index (χ0v) is 14.5. The highest BCUT2D eigenvalue weighted by atomic mass is 35.5. The molecule has 1 unspecified atom stereocenters. The van der Waals surface area contributed by atoms with Gasteiger partial charge in [0.25, 0.3) is 0 Å². The molecular weight excluding hydrogens is 280 g/mol. The van der Waals surface area contributed by atoms with Gasteiger partial charge in [0.15, 0.2) is 0 Å². The van der Waals surface area contributed by atoms with Crippen LogP contribution in [-0.2, 0) is 6.42 Å². The van der Waals surface area contributed by atoms with Crippen molar-refractivity contribution in [3.05, 3.63) is 29.8 Å². The number of benzene rings is 1. The van der Waals surface area contributed by atoms with Crippen LogP contribution in [0.5, 0.6) is 5.75 Å². The summed E-state index contributed by atoms with van der Waals surface area (Å²) >= 11 is 6.14. The predicted octanol–water partition coefficient (Wildman–Crippen LogP) is 6.38. The van der Waals surface area contributed by atoms with Crippen LogP contribution in [0.1, 0.15) is 70.8 Å². The van der Waals surface area contributed by atoms with E-state index in [-0.39, 0.29) is 5.38 Å². The molecule has 0 N–H and O–H groups in total. The third-order valence-corrected chi connectivity index (χ3v) is 4.43. The minimum absolute atomic E-state index is 0.232. The SMILES string of the molecule is CCCCCCCCc1ccccc1OCCC(Cl)CC. The van der Waals surface area contributed by atoms with Gasteiger partial charge in [0.2, 0.25) is 0 Å². The van der Waals surface area contributed by atoms with Crippen LogP contribution in [0.4, 0.5) is 0 Å². The zero-order valence-electron chi connectivity index (χ0n) is 13.7. The van der Waals surface area contributed by atoms with E-state index in [9.17, 15) is 0 Å². The minimum Gasteiger partial charge on any atom is -0.493 e. The Morgan fingerprint density at radius 3 is 2.48 bits per heavy atom. The Morgan fingerprint density at radius 2 is 1.71 bits per heavy atom. The number of aryl methyl sites for hydroxylation is 1. The number of unbranched alkanes of at least 4 members (excludes halogenated alkanes) is 5. The molecule has 1 atom stereocenters.